The molecule has 2 unspecified atom stereocenters. The van der Waals surface area contributed by atoms with Crippen LogP contribution >= 0.6 is 15.9 Å². The lowest BCUT2D eigenvalue weighted by Gasteiger charge is -2.32. The number of amides is 1. The molecule has 0 aliphatic heterocycles. The first kappa shape index (κ1) is 28.2. The zero-order valence-electron chi connectivity index (χ0n) is 21.3. The molecule has 0 spiro atoms. The summed E-state index contributed by atoms with van der Waals surface area (Å²) in [4.78, 5) is 14.9. The van der Waals surface area contributed by atoms with E-state index in [1.165, 1.54) is 0 Å². The van der Waals surface area contributed by atoms with Crippen LogP contribution < -0.4 is 0 Å². The molecule has 1 amide bonds. The Kier molecular flexibility index (Phi) is 10.1. The lowest BCUT2D eigenvalue weighted by molar-refractivity contribution is 0.0172. The molecule has 0 bridgehead atoms. The van der Waals surface area contributed by atoms with Crippen LogP contribution in [0.1, 0.15) is 78.5 Å². The summed E-state index contributed by atoms with van der Waals surface area (Å²) in [7, 11) is -1.37. The first-order valence-corrected chi connectivity index (χ1v) is 13.5. The fraction of sp³-hybridized carbons (Fsp3) is 0.481. The second-order valence-electron chi connectivity index (χ2n) is 10.3. The van der Waals surface area contributed by atoms with E-state index in [-0.39, 0.29) is 12.1 Å². The molecule has 0 heterocycles. The van der Waals surface area contributed by atoms with Crippen LogP contribution in [0.4, 0.5) is 4.79 Å². The number of hydrogen-bond donors (Lipinski definition) is 0. The first-order chi connectivity index (χ1) is 15.8. The Morgan fingerprint density at radius 2 is 1.62 bits per heavy atom. The summed E-state index contributed by atoms with van der Waals surface area (Å²) >= 11 is 3.47. The van der Waals surface area contributed by atoms with Gasteiger partial charge in [-0.15, -0.1) is 0 Å². The van der Waals surface area contributed by atoms with E-state index in [1.807, 2.05) is 103 Å². The SMILES string of the molecule is CC(c1ccc(Br)cc1)N(CCCC(=NS(=O)C(C)(C)C)c1ccccc1)C(=O)OC(C)(C)C. The largest absolute Gasteiger partial charge is 0.444 e. The van der Waals surface area contributed by atoms with Crippen molar-refractivity contribution in [3.8, 4) is 0 Å². The number of halogens is 1. The standard InChI is InChI=1S/C27H37BrN2O3S/c1-20(21-15-17-23(28)18-16-21)30(25(31)33-26(2,3)4)19-11-14-24(22-12-9-8-10-13-22)29-34(32)27(5,6)7/h8-10,12-13,15-18,20H,11,14,19H2,1-7H3. The Bertz CT molecular complexity index is 993. The van der Waals surface area contributed by atoms with E-state index < -0.39 is 21.3 Å². The first-order valence-electron chi connectivity index (χ1n) is 11.6. The fourth-order valence-electron chi connectivity index (χ4n) is 3.21. The predicted octanol–water partition coefficient (Wildman–Crippen LogP) is 7.48. The summed E-state index contributed by atoms with van der Waals surface area (Å²) in [6, 6.07) is 17.6. The van der Waals surface area contributed by atoms with Crippen LogP contribution in [0.15, 0.2) is 63.5 Å². The van der Waals surface area contributed by atoms with Crippen LogP contribution in [0.2, 0.25) is 0 Å². The van der Waals surface area contributed by atoms with Crippen LogP contribution in [0.5, 0.6) is 0 Å². The molecule has 0 radical (unpaired) electrons. The summed E-state index contributed by atoms with van der Waals surface area (Å²) in [5.41, 5.74) is 2.17. The normalized spacial score (nSPS) is 14.4. The van der Waals surface area contributed by atoms with Gasteiger partial charge in [-0.2, -0.15) is 4.40 Å². The molecule has 0 aromatic heterocycles. The molecule has 2 rings (SSSR count). The third kappa shape index (κ3) is 8.99. The molecule has 2 aromatic carbocycles. The highest BCUT2D eigenvalue weighted by Crippen LogP contribution is 2.25. The van der Waals surface area contributed by atoms with Crippen molar-refractivity contribution in [1.82, 2.24) is 4.90 Å². The molecule has 2 atom stereocenters. The Balaban J connectivity index is 2.25. The number of carbonyl (C=O) groups is 1. The van der Waals surface area contributed by atoms with Crippen molar-refractivity contribution >= 4 is 38.7 Å². The molecule has 0 saturated heterocycles. The van der Waals surface area contributed by atoms with Crippen LogP contribution in [-0.4, -0.2) is 37.8 Å². The van der Waals surface area contributed by atoms with Crippen molar-refractivity contribution in [1.29, 1.82) is 0 Å². The van der Waals surface area contributed by atoms with Crippen molar-refractivity contribution in [3.05, 3.63) is 70.2 Å². The smallest absolute Gasteiger partial charge is 0.410 e. The Hall–Kier alpha value is -1.99. The molecule has 0 saturated carbocycles. The number of benzene rings is 2. The summed E-state index contributed by atoms with van der Waals surface area (Å²) in [6.07, 6.45) is 0.910. The molecule has 7 heteroatoms. The van der Waals surface area contributed by atoms with Crippen LogP contribution in [0.3, 0.4) is 0 Å². The quantitative estimate of drug-likeness (QED) is 0.321. The fourth-order valence-corrected chi connectivity index (χ4v) is 4.15. The van der Waals surface area contributed by atoms with Gasteiger partial charge in [-0.3, -0.25) is 0 Å². The van der Waals surface area contributed by atoms with E-state index in [9.17, 15) is 9.00 Å². The van der Waals surface area contributed by atoms with E-state index in [4.69, 9.17) is 4.74 Å². The van der Waals surface area contributed by atoms with Crippen molar-refractivity contribution < 1.29 is 13.7 Å². The van der Waals surface area contributed by atoms with Gasteiger partial charge in [-0.05, 0) is 84.6 Å². The van der Waals surface area contributed by atoms with Gasteiger partial charge in [-0.25, -0.2) is 9.00 Å². The lowest BCUT2D eigenvalue weighted by atomic mass is 10.0. The molecule has 186 valence electrons. The third-order valence-electron chi connectivity index (χ3n) is 5.08. The topological polar surface area (TPSA) is 59.0 Å². The predicted molar refractivity (Wildman–Crippen MR) is 146 cm³/mol. The van der Waals surface area contributed by atoms with Gasteiger partial charge in [0.15, 0.2) is 0 Å². The minimum Gasteiger partial charge on any atom is -0.444 e. The average molecular weight is 550 g/mol. The average Bonchev–Trinajstić information content (AvgIpc) is 2.74. The summed E-state index contributed by atoms with van der Waals surface area (Å²) in [5, 5.41) is 0. The highest BCUT2D eigenvalue weighted by molar-refractivity contribution is 9.10. The highest BCUT2D eigenvalue weighted by atomic mass is 79.9. The van der Waals surface area contributed by atoms with Gasteiger partial charge in [0.2, 0.25) is 0 Å². The van der Waals surface area contributed by atoms with Crippen LogP contribution in [0, 0.1) is 0 Å². The monoisotopic (exact) mass is 548 g/mol. The number of ether oxygens (including phenoxy) is 1. The maximum absolute atomic E-state index is 13.1. The van der Waals surface area contributed by atoms with Crippen molar-refractivity contribution in [2.24, 2.45) is 4.40 Å². The van der Waals surface area contributed by atoms with Crippen molar-refractivity contribution in [3.63, 3.8) is 0 Å². The molecule has 0 aliphatic carbocycles. The van der Waals surface area contributed by atoms with Gasteiger partial charge in [0.25, 0.3) is 0 Å². The van der Waals surface area contributed by atoms with E-state index in [2.05, 4.69) is 20.3 Å². The Morgan fingerprint density at radius 3 is 2.15 bits per heavy atom. The summed E-state index contributed by atoms with van der Waals surface area (Å²) in [5.74, 6) is 0. The number of nitrogens with zero attached hydrogens (tertiary/aromatic N) is 2. The molecule has 0 fully saturated rings. The molecule has 34 heavy (non-hydrogen) atoms. The molecule has 0 N–H and O–H groups in total. The van der Waals surface area contributed by atoms with Gasteiger partial charge in [0.05, 0.1) is 16.5 Å². The van der Waals surface area contributed by atoms with Gasteiger partial charge in [0.1, 0.15) is 16.6 Å². The van der Waals surface area contributed by atoms with Gasteiger partial charge in [0, 0.05) is 11.0 Å². The molecular formula is C27H37BrN2O3S. The zero-order chi connectivity index (χ0) is 25.5. The minimum absolute atomic E-state index is 0.163. The minimum atomic E-state index is -1.37. The van der Waals surface area contributed by atoms with Crippen LogP contribution in [-0.2, 0) is 15.7 Å². The Labute approximate surface area is 215 Å². The zero-order valence-corrected chi connectivity index (χ0v) is 23.7. The lowest BCUT2D eigenvalue weighted by Crippen LogP contribution is -2.39. The van der Waals surface area contributed by atoms with Crippen LogP contribution in [0.25, 0.3) is 0 Å². The molecule has 0 aliphatic rings. The van der Waals surface area contributed by atoms with E-state index in [0.717, 1.165) is 21.3 Å². The Morgan fingerprint density at radius 1 is 1.03 bits per heavy atom. The summed E-state index contributed by atoms with van der Waals surface area (Å²) < 4.78 is 23.6. The molecule has 2 aromatic rings. The van der Waals surface area contributed by atoms with Gasteiger partial charge in [-0.1, -0.05) is 58.4 Å². The van der Waals surface area contributed by atoms with Crippen molar-refractivity contribution in [2.75, 3.05) is 6.54 Å². The maximum atomic E-state index is 13.1. The third-order valence-corrected chi connectivity index (χ3v) is 7.05. The van der Waals surface area contributed by atoms with E-state index in [1.54, 1.807) is 4.90 Å². The van der Waals surface area contributed by atoms with Gasteiger partial charge < -0.3 is 9.64 Å². The second kappa shape index (κ2) is 12.1. The highest BCUT2D eigenvalue weighted by Gasteiger charge is 2.27. The number of carbonyl (C=O) groups excluding carboxylic acids is 1. The van der Waals surface area contributed by atoms with E-state index in [0.29, 0.717) is 19.4 Å². The molecule has 5 nitrogen and oxygen atoms in total. The molecular weight excluding hydrogens is 512 g/mol. The second-order valence-corrected chi connectivity index (χ2v) is 13.1. The van der Waals surface area contributed by atoms with Gasteiger partial charge >= 0.3 is 6.09 Å². The number of rotatable bonds is 8. The van der Waals surface area contributed by atoms with E-state index >= 15 is 0 Å². The number of hydrogen-bond acceptors (Lipinski definition) is 3. The maximum Gasteiger partial charge on any atom is 0.410 e. The van der Waals surface area contributed by atoms with Crippen molar-refractivity contribution in [2.45, 2.75) is 77.7 Å². The summed E-state index contributed by atoms with van der Waals surface area (Å²) in [6.45, 7) is 13.9.